The quantitative estimate of drug-likeness (QED) is 0.795. The molecule has 0 aromatic heterocycles. The van der Waals surface area contributed by atoms with Gasteiger partial charge in [0.2, 0.25) is 0 Å². The van der Waals surface area contributed by atoms with Crippen LogP contribution in [0.1, 0.15) is 19.8 Å². The molecule has 1 saturated heterocycles. The molecule has 1 fully saturated rings. The van der Waals surface area contributed by atoms with Gasteiger partial charge in [0, 0.05) is 12.5 Å². The summed E-state index contributed by atoms with van der Waals surface area (Å²) in [4.78, 5) is 0. The summed E-state index contributed by atoms with van der Waals surface area (Å²) in [5.41, 5.74) is 0. The summed E-state index contributed by atoms with van der Waals surface area (Å²) in [7, 11) is 0. The summed E-state index contributed by atoms with van der Waals surface area (Å²) in [5.74, 6) is 1.52. The highest BCUT2D eigenvalue weighted by Gasteiger charge is 2.17. The Hall–Kier alpha value is -1.06. The fourth-order valence-corrected chi connectivity index (χ4v) is 2.22. The molecule has 0 spiro atoms. The first-order chi connectivity index (χ1) is 8.84. The molecule has 2 rings (SSSR count). The molecule has 0 radical (unpaired) electrons. The third kappa shape index (κ3) is 4.67. The SMILES string of the molecule is C[C@@H](C[NH2+]C[C@H]1CCCO1)COc1ccccc1. The molecule has 0 aliphatic carbocycles. The zero-order valence-electron chi connectivity index (χ0n) is 11.2. The van der Waals surface area contributed by atoms with Crippen molar-refractivity contribution in [2.75, 3.05) is 26.3 Å². The number of benzene rings is 1. The first kappa shape index (κ1) is 13.4. The van der Waals surface area contributed by atoms with Gasteiger partial charge in [-0.25, -0.2) is 0 Å². The highest BCUT2D eigenvalue weighted by molar-refractivity contribution is 5.20. The second-order valence-electron chi connectivity index (χ2n) is 5.12. The Morgan fingerprint density at radius 1 is 1.39 bits per heavy atom. The van der Waals surface area contributed by atoms with Crippen molar-refractivity contribution >= 4 is 0 Å². The van der Waals surface area contributed by atoms with Gasteiger partial charge >= 0.3 is 0 Å². The molecule has 0 unspecified atom stereocenters. The Bertz CT molecular complexity index is 323. The number of ether oxygens (including phenoxy) is 2. The van der Waals surface area contributed by atoms with Crippen LogP contribution in [-0.4, -0.2) is 32.4 Å². The van der Waals surface area contributed by atoms with Crippen LogP contribution in [0.3, 0.4) is 0 Å². The molecule has 1 aromatic carbocycles. The van der Waals surface area contributed by atoms with E-state index >= 15 is 0 Å². The van der Waals surface area contributed by atoms with Crippen LogP contribution in [0.4, 0.5) is 0 Å². The van der Waals surface area contributed by atoms with E-state index < -0.39 is 0 Å². The van der Waals surface area contributed by atoms with Crippen molar-refractivity contribution in [2.24, 2.45) is 5.92 Å². The van der Waals surface area contributed by atoms with Gasteiger partial charge in [-0.15, -0.1) is 0 Å². The molecule has 1 aromatic rings. The summed E-state index contributed by atoms with van der Waals surface area (Å²) in [5, 5.41) is 2.36. The van der Waals surface area contributed by atoms with Gasteiger partial charge in [0.05, 0.1) is 13.2 Å². The van der Waals surface area contributed by atoms with Crippen LogP contribution in [0.2, 0.25) is 0 Å². The third-order valence-corrected chi connectivity index (χ3v) is 3.30. The minimum absolute atomic E-state index is 0.479. The van der Waals surface area contributed by atoms with Crippen LogP contribution in [0.5, 0.6) is 5.75 Å². The van der Waals surface area contributed by atoms with Crippen molar-refractivity contribution in [1.82, 2.24) is 0 Å². The van der Waals surface area contributed by atoms with Crippen molar-refractivity contribution in [3.8, 4) is 5.75 Å². The lowest BCUT2D eigenvalue weighted by atomic mass is 10.2. The summed E-state index contributed by atoms with van der Waals surface area (Å²) in [6, 6.07) is 10.0. The smallest absolute Gasteiger partial charge is 0.119 e. The fraction of sp³-hybridized carbons (Fsp3) is 0.600. The van der Waals surface area contributed by atoms with Crippen LogP contribution in [0.25, 0.3) is 0 Å². The fourth-order valence-electron chi connectivity index (χ4n) is 2.22. The Labute approximate surface area is 109 Å². The number of rotatable bonds is 7. The van der Waals surface area contributed by atoms with Crippen LogP contribution >= 0.6 is 0 Å². The van der Waals surface area contributed by atoms with E-state index in [2.05, 4.69) is 12.2 Å². The molecule has 2 N–H and O–H groups in total. The zero-order chi connectivity index (χ0) is 12.6. The lowest BCUT2D eigenvalue weighted by Crippen LogP contribution is -2.87. The lowest BCUT2D eigenvalue weighted by Gasteiger charge is -2.13. The third-order valence-electron chi connectivity index (χ3n) is 3.30. The van der Waals surface area contributed by atoms with Crippen LogP contribution < -0.4 is 10.1 Å². The van der Waals surface area contributed by atoms with Gasteiger partial charge in [0.1, 0.15) is 18.4 Å². The first-order valence-corrected chi connectivity index (χ1v) is 6.95. The Morgan fingerprint density at radius 3 is 2.94 bits per heavy atom. The number of nitrogens with two attached hydrogens (primary N) is 1. The predicted molar refractivity (Wildman–Crippen MR) is 71.7 cm³/mol. The molecule has 0 amide bonds. The van der Waals surface area contributed by atoms with Gasteiger partial charge in [-0.1, -0.05) is 25.1 Å². The molecule has 2 atom stereocenters. The molecule has 100 valence electrons. The van der Waals surface area contributed by atoms with E-state index in [1.165, 1.54) is 12.8 Å². The van der Waals surface area contributed by atoms with Crippen molar-refractivity contribution in [3.05, 3.63) is 30.3 Å². The molecule has 1 aliphatic rings. The number of quaternary nitrogens is 1. The Kier molecular flexibility index (Phi) is 5.49. The topological polar surface area (TPSA) is 35.1 Å². The summed E-state index contributed by atoms with van der Waals surface area (Å²) >= 11 is 0. The minimum atomic E-state index is 0.479. The van der Waals surface area contributed by atoms with Crippen LogP contribution in [-0.2, 0) is 4.74 Å². The zero-order valence-corrected chi connectivity index (χ0v) is 11.2. The van der Waals surface area contributed by atoms with E-state index in [0.717, 1.165) is 32.1 Å². The maximum atomic E-state index is 5.74. The second kappa shape index (κ2) is 7.39. The van der Waals surface area contributed by atoms with Gasteiger partial charge in [-0.05, 0) is 25.0 Å². The maximum Gasteiger partial charge on any atom is 0.119 e. The van der Waals surface area contributed by atoms with E-state index in [4.69, 9.17) is 9.47 Å². The van der Waals surface area contributed by atoms with Crippen molar-refractivity contribution in [3.63, 3.8) is 0 Å². The van der Waals surface area contributed by atoms with Gasteiger partial charge in [-0.3, -0.25) is 0 Å². The normalized spacial score (nSPS) is 20.8. The second-order valence-corrected chi connectivity index (χ2v) is 5.12. The van der Waals surface area contributed by atoms with E-state index in [1.807, 2.05) is 30.3 Å². The molecule has 3 nitrogen and oxygen atoms in total. The summed E-state index contributed by atoms with van der Waals surface area (Å²) in [6.45, 7) is 6.16. The number of hydrogen-bond donors (Lipinski definition) is 1. The van der Waals surface area contributed by atoms with Gasteiger partial charge < -0.3 is 14.8 Å². The highest BCUT2D eigenvalue weighted by Crippen LogP contribution is 2.10. The molecule has 1 heterocycles. The highest BCUT2D eigenvalue weighted by atomic mass is 16.5. The molecule has 0 bridgehead atoms. The lowest BCUT2D eigenvalue weighted by molar-refractivity contribution is -0.665. The molecule has 18 heavy (non-hydrogen) atoms. The molecular weight excluding hydrogens is 226 g/mol. The Morgan fingerprint density at radius 2 is 2.22 bits per heavy atom. The predicted octanol–water partition coefficient (Wildman–Crippen LogP) is 1.44. The number of para-hydroxylation sites is 1. The van der Waals surface area contributed by atoms with Gasteiger partial charge in [0.15, 0.2) is 0 Å². The van der Waals surface area contributed by atoms with E-state index in [1.54, 1.807) is 0 Å². The monoisotopic (exact) mass is 250 g/mol. The van der Waals surface area contributed by atoms with Gasteiger partial charge in [-0.2, -0.15) is 0 Å². The van der Waals surface area contributed by atoms with E-state index in [-0.39, 0.29) is 0 Å². The largest absolute Gasteiger partial charge is 0.493 e. The van der Waals surface area contributed by atoms with E-state index in [9.17, 15) is 0 Å². The van der Waals surface area contributed by atoms with Crippen molar-refractivity contribution in [1.29, 1.82) is 0 Å². The average molecular weight is 250 g/mol. The molecule has 0 saturated carbocycles. The first-order valence-electron chi connectivity index (χ1n) is 6.95. The standard InChI is InChI=1S/C15H23NO2/c1-13(10-16-11-15-8-5-9-17-15)12-18-14-6-3-2-4-7-14/h2-4,6-7,13,15-16H,5,8-12H2,1H3/p+1/t13-,15+/m0/s1. The van der Waals surface area contributed by atoms with E-state index in [0.29, 0.717) is 12.0 Å². The Balaban J connectivity index is 1.56. The van der Waals surface area contributed by atoms with Crippen molar-refractivity contribution in [2.45, 2.75) is 25.9 Å². The summed E-state index contributed by atoms with van der Waals surface area (Å²) < 4.78 is 11.3. The average Bonchev–Trinajstić information content (AvgIpc) is 2.91. The summed E-state index contributed by atoms with van der Waals surface area (Å²) in [6.07, 6.45) is 2.93. The van der Waals surface area contributed by atoms with Crippen LogP contribution in [0, 0.1) is 5.92 Å². The van der Waals surface area contributed by atoms with Crippen molar-refractivity contribution < 1.29 is 14.8 Å². The molecule has 3 heteroatoms. The maximum absolute atomic E-state index is 5.74. The van der Waals surface area contributed by atoms with Crippen LogP contribution in [0.15, 0.2) is 30.3 Å². The molecule has 1 aliphatic heterocycles. The number of hydrogen-bond acceptors (Lipinski definition) is 2. The molecular formula is C15H24NO2+. The van der Waals surface area contributed by atoms with Gasteiger partial charge in [0.25, 0.3) is 0 Å². The minimum Gasteiger partial charge on any atom is -0.493 e.